The zero-order chi connectivity index (χ0) is 33.3. The Morgan fingerprint density at radius 2 is 1.50 bits per heavy atom. The molecule has 6 atom stereocenters. The fourth-order valence-corrected chi connectivity index (χ4v) is 9.14. The van der Waals surface area contributed by atoms with E-state index in [0.29, 0.717) is 33.9 Å². The van der Waals surface area contributed by atoms with Crippen LogP contribution in [0.2, 0.25) is 5.02 Å². The van der Waals surface area contributed by atoms with Crippen molar-refractivity contribution in [3.8, 4) is 5.75 Å². The molecule has 8 rings (SSSR count). The minimum Gasteiger partial charge on any atom is -0.508 e. The number of aryl methyl sites for hydroxylation is 1. The predicted molar refractivity (Wildman–Crippen MR) is 183 cm³/mol. The van der Waals surface area contributed by atoms with Crippen LogP contribution in [0.1, 0.15) is 42.4 Å². The predicted octanol–water partition coefficient (Wildman–Crippen LogP) is 6.98. The normalized spacial score (nSPS) is 27.9. The van der Waals surface area contributed by atoms with Crippen molar-refractivity contribution in [2.45, 2.75) is 37.5 Å². The Bertz CT molecular complexity index is 2020. The number of imide groups is 2. The fourth-order valence-electron chi connectivity index (χ4n) is 8.96. The van der Waals surface area contributed by atoms with E-state index in [-0.39, 0.29) is 24.0 Å². The van der Waals surface area contributed by atoms with E-state index in [4.69, 9.17) is 11.6 Å². The molecule has 0 aromatic heterocycles. The Morgan fingerprint density at radius 1 is 0.771 bits per heavy atom. The van der Waals surface area contributed by atoms with Crippen molar-refractivity contribution in [1.29, 1.82) is 0 Å². The summed E-state index contributed by atoms with van der Waals surface area (Å²) in [4.78, 5) is 60.9. The first-order valence-electron chi connectivity index (χ1n) is 16.4. The monoisotopic (exact) mass is 656 g/mol. The second kappa shape index (κ2) is 11.3. The van der Waals surface area contributed by atoms with Crippen LogP contribution in [0, 0.1) is 23.7 Å². The number of rotatable bonds is 5. The number of benzene rings is 4. The van der Waals surface area contributed by atoms with E-state index >= 15 is 4.79 Å². The third-order valence-electron chi connectivity index (χ3n) is 11.0. The van der Waals surface area contributed by atoms with Crippen molar-refractivity contribution in [2.24, 2.45) is 23.7 Å². The van der Waals surface area contributed by atoms with Gasteiger partial charge in [0.15, 0.2) is 0 Å². The van der Waals surface area contributed by atoms with Crippen molar-refractivity contribution in [1.82, 2.24) is 0 Å². The Balaban J connectivity index is 1.33. The lowest BCUT2D eigenvalue weighted by Crippen LogP contribution is -2.53. The van der Waals surface area contributed by atoms with Gasteiger partial charge in [0.2, 0.25) is 23.6 Å². The van der Waals surface area contributed by atoms with Crippen molar-refractivity contribution in [2.75, 3.05) is 9.80 Å². The minimum atomic E-state index is -1.43. The molecule has 0 unspecified atom stereocenters. The summed E-state index contributed by atoms with van der Waals surface area (Å²) in [6.45, 7) is 2.05. The second-order valence-corrected chi connectivity index (χ2v) is 13.6. The number of nitrogens with zero attached hydrogens (tertiary/aromatic N) is 2. The maximum atomic E-state index is 15.2. The Morgan fingerprint density at radius 3 is 2.21 bits per heavy atom. The molecule has 1 saturated carbocycles. The van der Waals surface area contributed by atoms with Gasteiger partial charge in [-0.1, -0.05) is 96.9 Å². The zero-order valence-corrected chi connectivity index (χ0v) is 27.0. The number of amides is 4. The van der Waals surface area contributed by atoms with Crippen molar-refractivity contribution >= 4 is 46.6 Å². The molecule has 0 spiro atoms. The van der Waals surface area contributed by atoms with Crippen molar-refractivity contribution in [3.63, 3.8) is 0 Å². The number of anilines is 2. The van der Waals surface area contributed by atoms with Crippen LogP contribution in [-0.2, 0) is 31.0 Å². The van der Waals surface area contributed by atoms with Gasteiger partial charge in [-0.3, -0.25) is 24.1 Å². The van der Waals surface area contributed by atoms with E-state index in [1.54, 1.807) is 48.5 Å². The van der Waals surface area contributed by atoms with Crippen LogP contribution in [0.25, 0.3) is 0 Å². The molecule has 240 valence electrons. The first-order valence-corrected chi connectivity index (χ1v) is 16.8. The number of hydrogen-bond donors (Lipinski definition) is 1. The smallest absolute Gasteiger partial charge is 0.246 e. The number of fused-ring (bicyclic) bond motifs is 4. The van der Waals surface area contributed by atoms with Gasteiger partial charge in [-0.25, -0.2) is 4.90 Å². The quantitative estimate of drug-likeness (QED) is 0.185. The standard InChI is InChI=1S/C40H33ClN2O5/c1-2-23-15-17-26(18-16-23)42-36(45)30-20-19-28-31(34(30)38(42)47)22-32-37(46)43(27-12-8-11-25(41)21-27)39(48)40(32,24-9-4-3-5-10-24)35(28)29-13-6-7-14-33(29)44/h3-19,21,30-32,34-35,44H,2,20,22H2,1H3/t30-,31+,32-,34-,35+,40+/m0/s1. The third kappa shape index (κ3) is 4.20. The van der Waals surface area contributed by atoms with Gasteiger partial charge >= 0.3 is 0 Å². The lowest BCUT2D eigenvalue weighted by molar-refractivity contribution is -0.127. The lowest BCUT2D eigenvalue weighted by Gasteiger charge is -2.50. The number of para-hydroxylation sites is 1. The lowest BCUT2D eigenvalue weighted by atomic mass is 9.49. The number of halogens is 1. The molecule has 0 radical (unpaired) electrons. The molecule has 1 N–H and O–H groups in total. The number of phenolic OH excluding ortho intramolecular Hbond substituents is 1. The highest BCUT2D eigenvalue weighted by Crippen LogP contribution is 2.65. The molecule has 4 aliphatic rings. The molecule has 2 heterocycles. The highest BCUT2D eigenvalue weighted by atomic mass is 35.5. The highest BCUT2D eigenvalue weighted by Gasteiger charge is 2.70. The number of phenols is 1. The van der Waals surface area contributed by atoms with E-state index in [1.165, 1.54) is 9.80 Å². The van der Waals surface area contributed by atoms with Crippen LogP contribution in [0.15, 0.2) is 115 Å². The molecule has 48 heavy (non-hydrogen) atoms. The van der Waals surface area contributed by atoms with Crippen LogP contribution in [0.5, 0.6) is 5.75 Å². The topological polar surface area (TPSA) is 95.0 Å². The first-order chi connectivity index (χ1) is 23.3. The molecule has 3 fully saturated rings. The molecule has 2 aliphatic carbocycles. The molecular formula is C40H33ClN2O5. The largest absolute Gasteiger partial charge is 0.508 e. The minimum absolute atomic E-state index is 0.00634. The molecule has 4 aromatic rings. The van der Waals surface area contributed by atoms with Gasteiger partial charge < -0.3 is 5.11 Å². The average Bonchev–Trinajstić information content (AvgIpc) is 3.49. The number of aromatic hydroxyl groups is 1. The summed E-state index contributed by atoms with van der Waals surface area (Å²) in [7, 11) is 0. The first kappa shape index (κ1) is 30.3. The Labute approximate surface area is 283 Å². The van der Waals surface area contributed by atoms with E-state index < -0.39 is 46.8 Å². The van der Waals surface area contributed by atoms with Gasteiger partial charge in [0.1, 0.15) is 5.75 Å². The summed E-state index contributed by atoms with van der Waals surface area (Å²) in [5.74, 6) is -4.85. The summed E-state index contributed by atoms with van der Waals surface area (Å²) < 4.78 is 0. The number of carbonyl (C=O) groups excluding carboxylic acids is 4. The van der Waals surface area contributed by atoms with Gasteiger partial charge in [0.05, 0.1) is 34.5 Å². The van der Waals surface area contributed by atoms with E-state index in [2.05, 4.69) is 0 Å². The van der Waals surface area contributed by atoms with Gasteiger partial charge in [-0.2, -0.15) is 0 Å². The van der Waals surface area contributed by atoms with E-state index in [1.807, 2.05) is 67.6 Å². The van der Waals surface area contributed by atoms with E-state index in [0.717, 1.165) is 17.6 Å². The summed E-state index contributed by atoms with van der Waals surface area (Å²) in [6, 6.07) is 30.4. The maximum absolute atomic E-state index is 15.2. The van der Waals surface area contributed by atoms with Gasteiger partial charge in [0.25, 0.3) is 0 Å². The van der Waals surface area contributed by atoms with Gasteiger partial charge in [-0.15, -0.1) is 0 Å². The Hall–Kier alpha value is -5.01. The molecule has 2 aliphatic heterocycles. The number of hydrogen-bond acceptors (Lipinski definition) is 5. The van der Waals surface area contributed by atoms with Crippen molar-refractivity contribution < 1.29 is 24.3 Å². The molecule has 8 heteroatoms. The average molecular weight is 657 g/mol. The van der Waals surface area contributed by atoms with Crippen molar-refractivity contribution in [3.05, 3.63) is 136 Å². The highest BCUT2D eigenvalue weighted by molar-refractivity contribution is 6.32. The molecule has 7 nitrogen and oxygen atoms in total. The summed E-state index contributed by atoms with van der Waals surface area (Å²) >= 11 is 6.37. The molecular weight excluding hydrogens is 624 g/mol. The molecule has 4 amide bonds. The summed E-state index contributed by atoms with van der Waals surface area (Å²) in [5.41, 5.74) is 2.51. The van der Waals surface area contributed by atoms with Crippen LogP contribution in [0.3, 0.4) is 0 Å². The van der Waals surface area contributed by atoms with Crippen LogP contribution in [-0.4, -0.2) is 28.7 Å². The second-order valence-electron chi connectivity index (χ2n) is 13.2. The number of allylic oxidation sites excluding steroid dienone is 2. The Kier molecular flexibility index (Phi) is 7.15. The van der Waals surface area contributed by atoms with Crippen LogP contribution < -0.4 is 9.80 Å². The molecule has 2 saturated heterocycles. The summed E-state index contributed by atoms with van der Waals surface area (Å²) in [5, 5.41) is 11.8. The van der Waals surface area contributed by atoms with E-state index in [9.17, 15) is 19.5 Å². The molecule has 4 aromatic carbocycles. The molecule has 0 bridgehead atoms. The van der Waals surface area contributed by atoms with Gasteiger partial charge in [0, 0.05) is 16.5 Å². The fraction of sp³-hybridized carbons (Fsp3) is 0.250. The third-order valence-corrected chi connectivity index (χ3v) is 11.3. The SMILES string of the molecule is CCc1ccc(N2C(=O)[C@H]3[C@H](CC=C4[C@H]3C[C@H]3C(=O)N(c5cccc(Cl)c5)C(=O)[C@@]3(c3ccccc3)[C@H]4c3ccccc3O)C2=O)cc1. The zero-order valence-electron chi connectivity index (χ0n) is 26.3. The van der Waals surface area contributed by atoms with Crippen LogP contribution in [0.4, 0.5) is 11.4 Å². The van der Waals surface area contributed by atoms with Crippen LogP contribution >= 0.6 is 11.6 Å². The maximum Gasteiger partial charge on any atom is 0.246 e. The summed E-state index contributed by atoms with van der Waals surface area (Å²) in [6.07, 6.45) is 3.33. The van der Waals surface area contributed by atoms with Gasteiger partial charge in [-0.05, 0) is 72.7 Å². The number of carbonyl (C=O) groups is 4.